The van der Waals surface area contributed by atoms with E-state index in [1.165, 1.54) is 16.0 Å². The molecule has 0 aliphatic carbocycles. The molecule has 0 atom stereocenters. The minimum Gasteiger partial charge on any atom is -0.296 e. The van der Waals surface area contributed by atoms with Gasteiger partial charge >= 0.3 is 0 Å². The Balaban J connectivity index is 1.78. The van der Waals surface area contributed by atoms with Crippen LogP contribution in [0, 0.1) is 0 Å². The second-order valence-electron chi connectivity index (χ2n) is 4.50. The molecule has 0 saturated carbocycles. The van der Waals surface area contributed by atoms with Crippen LogP contribution in [0.1, 0.15) is 10.5 Å². The molecule has 0 aliphatic heterocycles. The zero-order valence-corrected chi connectivity index (χ0v) is 13.7. The molecule has 1 aromatic carbocycles. The monoisotopic (exact) mass is 352 g/mol. The Hall–Kier alpha value is -1.89. The summed E-state index contributed by atoms with van der Waals surface area (Å²) in [6.45, 7) is 0. The molecule has 0 saturated heterocycles. The van der Waals surface area contributed by atoms with Gasteiger partial charge in [0.1, 0.15) is 0 Å². The highest BCUT2D eigenvalue weighted by Crippen LogP contribution is 2.26. The number of aromatic nitrogens is 3. The Labute approximate surface area is 140 Å². The molecular formula is C14H10Cl2N4OS. The van der Waals surface area contributed by atoms with Crippen LogP contribution in [-0.4, -0.2) is 20.7 Å². The van der Waals surface area contributed by atoms with E-state index >= 15 is 0 Å². The number of carbonyl (C=O) groups is 1. The summed E-state index contributed by atoms with van der Waals surface area (Å²) < 4.78 is 1.48. The SMILES string of the molecule is Cn1cc(Cl)c(C(=O)Nc2nc(-c3ccc(Cl)cc3)cs2)n1. The van der Waals surface area contributed by atoms with Gasteiger partial charge in [0.05, 0.1) is 10.7 Å². The van der Waals surface area contributed by atoms with Gasteiger partial charge in [0.2, 0.25) is 0 Å². The van der Waals surface area contributed by atoms with E-state index in [4.69, 9.17) is 23.2 Å². The van der Waals surface area contributed by atoms with Crippen molar-refractivity contribution in [2.45, 2.75) is 0 Å². The highest BCUT2D eigenvalue weighted by molar-refractivity contribution is 7.14. The first-order valence-corrected chi connectivity index (χ1v) is 7.88. The maximum atomic E-state index is 12.1. The van der Waals surface area contributed by atoms with Crippen molar-refractivity contribution >= 4 is 45.6 Å². The molecule has 3 rings (SSSR count). The molecule has 0 radical (unpaired) electrons. The largest absolute Gasteiger partial charge is 0.296 e. The smallest absolute Gasteiger partial charge is 0.279 e. The fourth-order valence-electron chi connectivity index (χ4n) is 1.85. The molecule has 1 N–H and O–H groups in total. The van der Waals surface area contributed by atoms with E-state index in [1.807, 2.05) is 17.5 Å². The summed E-state index contributed by atoms with van der Waals surface area (Å²) in [7, 11) is 1.70. The Morgan fingerprint density at radius 2 is 2.00 bits per heavy atom. The van der Waals surface area contributed by atoms with Gasteiger partial charge < -0.3 is 0 Å². The molecule has 0 aliphatic rings. The van der Waals surface area contributed by atoms with E-state index in [0.717, 1.165) is 11.3 Å². The molecule has 3 aromatic rings. The number of carbonyl (C=O) groups excluding carboxylic acids is 1. The van der Waals surface area contributed by atoms with E-state index in [2.05, 4.69) is 15.4 Å². The lowest BCUT2D eigenvalue weighted by Crippen LogP contribution is -2.13. The average Bonchev–Trinajstić information content (AvgIpc) is 3.06. The number of nitrogens with zero attached hydrogens (tertiary/aromatic N) is 3. The summed E-state index contributed by atoms with van der Waals surface area (Å²) in [5, 5.41) is 10.0. The first-order valence-electron chi connectivity index (χ1n) is 6.25. The Bertz CT molecular complexity index is 826. The van der Waals surface area contributed by atoms with Crippen LogP contribution in [0.3, 0.4) is 0 Å². The van der Waals surface area contributed by atoms with Gasteiger partial charge in [-0.1, -0.05) is 35.3 Å². The van der Waals surface area contributed by atoms with Crippen molar-refractivity contribution in [3.05, 3.63) is 51.6 Å². The normalized spacial score (nSPS) is 10.7. The van der Waals surface area contributed by atoms with Gasteiger partial charge in [0.25, 0.3) is 5.91 Å². The Kier molecular flexibility index (Phi) is 4.15. The average molecular weight is 353 g/mol. The van der Waals surface area contributed by atoms with Crippen LogP contribution in [0.25, 0.3) is 11.3 Å². The van der Waals surface area contributed by atoms with Gasteiger partial charge in [-0.05, 0) is 12.1 Å². The van der Waals surface area contributed by atoms with Gasteiger partial charge in [-0.2, -0.15) is 5.10 Å². The molecule has 8 heteroatoms. The topological polar surface area (TPSA) is 59.8 Å². The second-order valence-corrected chi connectivity index (χ2v) is 6.20. The summed E-state index contributed by atoms with van der Waals surface area (Å²) in [4.78, 5) is 16.5. The maximum Gasteiger partial charge on any atom is 0.279 e. The van der Waals surface area contributed by atoms with E-state index < -0.39 is 0 Å². The molecular weight excluding hydrogens is 343 g/mol. The molecule has 2 heterocycles. The van der Waals surface area contributed by atoms with Crippen molar-refractivity contribution in [1.82, 2.24) is 14.8 Å². The summed E-state index contributed by atoms with van der Waals surface area (Å²) in [6.07, 6.45) is 1.57. The molecule has 5 nitrogen and oxygen atoms in total. The van der Waals surface area contributed by atoms with Crippen LogP contribution in [0.15, 0.2) is 35.8 Å². The van der Waals surface area contributed by atoms with Crippen LogP contribution in [0.4, 0.5) is 5.13 Å². The quantitative estimate of drug-likeness (QED) is 0.771. The number of amides is 1. The first-order chi connectivity index (χ1) is 10.5. The predicted octanol–water partition coefficient (Wildman–Crippen LogP) is 4.10. The molecule has 0 unspecified atom stereocenters. The van der Waals surface area contributed by atoms with Crippen LogP contribution in [-0.2, 0) is 7.05 Å². The lowest BCUT2D eigenvalue weighted by Gasteiger charge is -1.99. The molecule has 112 valence electrons. The molecule has 22 heavy (non-hydrogen) atoms. The van der Waals surface area contributed by atoms with E-state index in [0.29, 0.717) is 15.2 Å². The Morgan fingerprint density at radius 3 is 2.64 bits per heavy atom. The predicted molar refractivity (Wildman–Crippen MR) is 88.7 cm³/mol. The molecule has 2 aromatic heterocycles. The number of halogens is 2. The number of thiazole rings is 1. The molecule has 0 fully saturated rings. The number of rotatable bonds is 3. The maximum absolute atomic E-state index is 12.1. The molecule has 0 spiro atoms. The lowest BCUT2D eigenvalue weighted by atomic mass is 10.2. The summed E-state index contributed by atoms with van der Waals surface area (Å²) in [5.74, 6) is -0.386. The van der Waals surface area contributed by atoms with Gasteiger partial charge in [-0.15, -0.1) is 11.3 Å². The number of nitrogens with one attached hydrogen (secondary N) is 1. The Morgan fingerprint density at radius 1 is 1.27 bits per heavy atom. The summed E-state index contributed by atoms with van der Waals surface area (Å²) in [5.41, 5.74) is 1.87. The third-order valence-electron chi connectivity index (χ3n) is 2.86. The van der Waals surface area contributed by atoms with Gasteiger partial charge in [0.15, 0.2) is 10.8 Å². The molecule has 1 amide bonds. The van der Waals surface area contributed by atoms with Crippen molar-refractivity contribution in [3.63, 3.8) is 0 Å². The van der Waals surface area contributed by atoms with Crippen LogP contribution < -0.4 is 5.32 Å². The minimum absolute atomic E-state index is 0.174. The number of hydrogen-bond donors (Lipinski definition) is 1. The number of anilines is 1. The highest BCUT2D eigenvalue weighted by Gasteiger charge is 2.16. The summed E-state index contributed by atoms with van der Waals surface area (Å²) in [6, 6.07) is 7.33. The zero-order chi connectivity index (χ0) is 15.7. The number of benzene rings is 1. The first kappa shape index (κ1) is 15.0. The fraction of sp³-hybridized carbons (Fsp3) is 0.0714. The lowest BCUT2D eigenvalue weighted by molar-refractivity contribution is 0.102. The minimum atomic E-state index is -0.386. The van der Waals surface area contributed by atoms with Crippen LogP contribution in [0.5, 0.6) is 0 Å². The zero-order valence-electron chi connectivity index (χ0n) is 11.4. The van der Waals surface area contributed by atoms with Crippen molar-refractivity contribution in [3.8, 4) is 11.3 Å². The van der Waals surface area contributed by atoms with Crippen molar-refractivity contribution < 1.29 is 4.79 Å². The van der Waals surface area contributed by atoms with Crippen LogP contribution in [0.2, 0.25) is 10.0 Å². The van der Waals surface area contributed by atoms with Crippen molar-refractivity contribution in [1.29, 1.82) is 0 Å². The molecule has 0 bridgehead atoms. The van der Waals surface area contributed by atoms with Gasteiger partial charge in [-0.3, -0.25) is 14.8 Å². The third kappa shape index (κ3) is 3.14. The van der Waals surface area contributed by atoms with E-state index in [-0.39, 0.29) is 11.6 Å². The van der Waals surface area contributed by atoms with Crippen LogP contribution >= 0.6 is 34.5 Å². The van der Waals surface area contributed by atoms with E-state index in [1.54, 1.807) is 25.4 Å². The van der Waals surface area contributed by atoms with Gasteiger partial charge in [-0.25, -0.2) is 4.98 Å². The highest BCUT2D eigenvalue weighted by atomic mass is 35.5. The van der Waals surface area contributed by atoms with Gasteiger partial charge in [0, 0.05) is 29.2 Å². The fourth-order valence-corrected chi connectivity index (χ4v) is 2.96. The standard InChI is InChI=1S/C14H10Cl2N4OS/c1-20-6-10(16)12(19-20)13(21)18-14-17-11(7-22-14)8-2-4-9(15)5-3-8/h2-7H,1H3,(H,17,18,21). The van der Waals surface area contributed by atoms with Crippen molar-refractivity contribution in [2.75, 3.05) is 5.32 Å². The number of hydrogen-bond acceptors (Lipinski definition) is 4. The number of aryl methyl sites for hydroxylation is 1. The van der Waals surface area contributed by atoms with Crippen molar-refractivity contribution in [2.24, 2.45) is 7.05 Å². The second kappa shape index (κ2) is 6.08. The third-order valence-corrected chi connectivity index (χ3v) is 4.15. The van der Waals surface area contributed by atoms with E-state index in [9.17, 15) is 4.79 Å². The summed E-state index contributed by atoms with van der Waals surface area (Å²) >= 11 is 13.1.